The van der Waals surface area contributed by atoms with Crippen LogP contribution in [-0.4, -0.2) is 38.4 Å². The molecule has 1 atom stereocenters. The average molecular weight is 332 g/mol. The van der Waals surface area contributed by atoms with E-state index in [1.807, 2.05) is 0 Å². The normalized spacial score (nSPS) is 17.0. The van der Waals surface area contributed by atoms with Crippen molar-refractivity contribution in [3.63, 3.8) is 0 Å². The third-order valence-corrected chi connectivity index (χ3v) is 5.47. The molecule has 1 aromatic carbocycles. The molecule has 0 radical (unpaired) electrons. The van der Waals surface area contributed by atoms with Crippen LogP contribution < -0.4 is 10.5 Å². The Balaban J connectivity index is 2.19. The number of anilines is 1. The molecular weight excluding hydrogens is 314 g/mol. The minimum atomic E-state index is -3.95. The maximum atomic E-state index is 12.4. The van der Waals surface area contributed by atoms with E-state index in [9.17, 15) is 13.2 Å². The van der Waals surface area contributed by atoms with E-state index in [0.29, 0.717) is 13.1 Å². The maximum Gasteiger partial charge on any atom is 0.244 e. The van der Waals surface area contributed by atoms with Crippen molar-refractivity contribution in [3.05, 3.63) is 23.2 Å². The first kappa shape index (κ1) is 16.1. The van der Waals surface area contributed by atoms with Crippen LogP contribution in [0.5, 0.6) is 0 Å². The third-order valence-electron chi connectivity index (χ3n) is 3.39. The van der Waals surface area contributed by atoms with Gasteiger partial charge in [-0.1, -0.05) is 17.7 Å². The third kappa shape index (κ3) is 3.48. The number of rotatable bonds is 4. The molecule has 116 valence electrons. The second-order valence-electron chi connectivity index (χ2n) is 5.03. The molecule has 1 aliphatic heterocycles. The number of nitrogen functional groups attached to an aromatic ring is 1. The van der Waals surface area contributed by atoms with Gasteiger partial charge in [0.15, 0.2) is 0 Å². The molecule has 21 heavy (non-hydrogen) atoms. The van der Waals surface area contributed by atoms with Crippen LogP contribution in [-0.2, 0) is 14.8 Å². The fraction of sp³-hybridized carbons (Fsp3) is 0.462. The fourth-order valence-corrected chi connectivity index (χ4v) is 4.24. The number of nitrogens with two attached hydrogens (primary N) is 1. The van der Waals surface area contributed by atoms with Gasteiger partial charge in [-0.25, -0.2) is 8.42 Å². The van der Waals surface area contributed by atoms with Crippen molar-refractivity contribution < 1.29 is 13.2 Å². The van der Waals surface area contributed by atoms with Gasteiger partial charge in [0, 0.05) is 13.1 Å². The minimum absolute atomic E-state index is 0.0309. The lowest BCUT2D eigenvalue weighted by molar-refractivity contribution is -0.131. The molecule has 0 bridgehead atoms. The summed E-state index contributed by atoms with van der Waals surface area (Å²) in [6.45, 7) is 2.85. The number of nitrogens with one attached hydrogen (secondary N) is 1. The Labute approximate surface area is 129 Å². The standard InChI is InChI=1S/C13H18ClN3O3S/c1-9(13(18)17-7-2-3-8-17)16-21(19,20)12-10(14)5-4-6-11(12)15/h4-6,9,16H,2-3,7-8,15H2,1H3. The number of sulfonamides is 1. The maximum absolute atomic E-state index is 12.4. The zero-order chi connectivity index (χ0) is 15.6. The highest BCUT2D eigenvalue weighted by Crippen LogP contribution is 2.27. The Morgan fingerprint density at radius 3 is 2.57 bits per heavy atom. The number of carbonyl (C=O) groups is 1. The van der Waals surface area contributed by atoms with Crippen LogP contribution in [0, 0.1) is 0 Å². The van der Waals surface area contributed by atoms with E-state index >= 15 is 0 Å². The van der Waals surface area contributed by atoms with Crippen molar-refractivity contribution in [3.8, 4) is 0 Å². The number of likely N-dealkylation sites (tertiary alicyclic amines) is 1. The molecule has 1 saturated heterocycles. The topological polar surface area (TPSA) is 92.5 Å². The Hall–Kier alpha value is -1.31. The van der Waals surface area contributed by atoms with Crippen LogP contribution in [0.15, 0.2) is 23.1 Å². The van der Waals surface area contributed by atoms with Gasteiger partial charge in [-0.3, -0.25) is 4.79 Å². The van der Waals surface area contributed by atoms with E-state index in [1.54, 1.807) is 11.0 Å². The molecule has 0 spiro atoms. The van der Waals surface area contributed by atoms with Gasteiger partial charge in [0.05, 0.1) is 16.8 Å². The average Bonchev–Trinajstić information content (AvgIpc) is 2.90. The molecule has 2 rings (SSSR count). The summed E-state index contributed by atoms with van der Waals surface area (Å²) in [7, 11) is -3.95. The molecule has 1 heterocycles. The highest BCUT2D eigenvalue weighted by Gasteiger charge is 2.29. The summed E-state index contributed by atoms with van der Waals surface area (Å²) >= 11 is 5.91. The summed E-state index contributed by atoms with van der Waals surface area (Å²) in [4.78, 5) is 13.6. The van der Waals surface area contributed by atoms with Gasteiger partial charge in [-0.2, -0.15) is 4.72 Å². The lowest BCUT2D eigenvalue weighted by Gasteiger charge is -2.21. The van der Waals surface area contributed by atoms with Gasteiger partial charge in [0.2, 0.25) is 15.9 Å². The van der Waals surface area contributed by atoms with Crippen LogP contribution in [0.4, 0.5) is 5.69 Å². The minimum Gasteiger partial charge on any atom is -0.398 e. The highest BCUT2D eigenvalue weighted by atomic mass is 35.5. The van der Waals surface area contributed by atoms with E-state index in [-0.39, 0.29) is 21.5 Å². The van der Waals surface area contributed by atoms with E-state index in [2.05, 4.69) is 4.72 Å². The first-order valence-electron chi connectivity index (χ1n) is 6.68. The van der Waals surface area contributed by atoms with Crippen molar-refractivity contribution in [2.45, 2.75) is 30.7 Å². The molecule has 0 saturated carbocycles. The predicted molar refractivity (Wildman–Crippen MR) is 81.5 cm³/mol. The van der Waals surface area contributed by atoms with Crippen molar-refractivity contribution in [2.24, 2.45) is 0 Å². The molecule has 1 aromatic rings. The molecule has 8 heteroatoms. The highest BCUT2D eigenvalue weighted by molar-refractivity contribution is 7.89. The number of hydrogen-bond acceptors (Lipinski definition) is 4. The summed E-state index contributed by atoms with van der Waals surface area (Å²) in [5.41, 5.74) is 5.73. The first-order valence-corrected chi connectivity index (χ1v) is 8.54. The van der Waals surface area contributed by atoms with Crippen molar-refractivity contribution in [1.82, 2.24) is 9.62 Å². The fourth-order valence-electron chi connectivity index (χ4n) is 2.36. The molecule has 3 N–H and O–H groups in total. The number of carbonyl (C=O) groups excluding carboxylic acids is 1. The number of hydrogen-bond donors (Lipinski definition) is 2. The van der Waals surface area contributed by atoms with Crippen molar-refractivity contribution in [1.29, 1.82) is 0 Å². The van der Waals surface area contributed by atoms with Crippen LogP contribution in [0.3, 0.4) is 0 Å². The molecule has 1 aliphatic rings. The molecule has 1 fully saturated rings. The van der Waals surface area contributed by atoms with Crippen LogP contribution in [0.2, 0.25) is 5.02 Å². The quantitative estimate of drug-likeness (QED) is 0.811. The molecular formula is C13H18ClN3O3S. The number of nitrogens with zero attached hydrogens (tertiary/aromatic N) is 1. The number of halogens is 1. The molecule has 1 amide bonds. The molecule has 0 aromatic heterocycles. The van der Waals surface area contributed by atoms with Gasteiger partial charge in [0.1, 0.15) is 4.90 Å². The second-order valence-corrected chi connectivity index (χ2v) is 7.09. The Kier molecular flexibility index (Phi) is 4.75. The Morgan fingerprint density at radius 2 is 2.00 bits per heavy atom. The summed E-state index contributed by atoms with van der Waals surface area (Å²) in [5, 5.41) is 0.0309. The van der Waals surface area contributed by atoms with E-state index in [0.717, 1.165) is 12.8 Å². The van der Waals surface area contributed by atoms with Crippen molar-refractivity contribution in [2.75, 3.05) is 18.8 Å². The summed E-state index contributed by atoms with van der Waals surface area (Å²) in [6.07, 6.45) is 1.89. The van der Waals surface area contributed by atoms with Gasteiger partial charge < -0.3 is 10.6 Å². The zero-order valence-corrected chi connectivity index (χ0v) is 13.2. The monoisotopic (exact) mass is 331 g/mol. The summed E-state index contributed by atoms with van der Waals surface area (Å²) < 4.78 is 27.1. The lowest BCUT2D eigenvalue weighted by Crippen LogP contribution is -2.46. The van der Waals surface area contributed by atoms with Crippen LogP contribution in [0.25, 0.3) is 0 Å². The van der Waals surface area contributed by atoms with Gasteiger partial charge in [0.25, 0.3) is 0 Å². The van der Waals surface area contributed by atoms with Crippen LogP contribution in [0.1, 0.15) is 19.8 Å². The van der Waals surface area contributed by atoms with E-state index in [1.165, 1.54) is 19.1 Å². The van der Waals surface area contributed by atoms with Crippen molar-refractivity contribution >= 4 is 33.2 Å². The molecule has 1 unspecified atom stereocenters. The van der Waals surface area contributed by atoms with E-state index < -0.39 is 16.1 Å². The predicted octanol–water partition coefficient (Wildman–Crippen LogP) is 1.21. The summed E-state index contributed by atoms with van der Waals surface area (Å²) in [5.74, 6) is -0.235. The molecule has 0 aliphatic carbocycles. The summed E-state index contributed by atoms with van der Waals surface area (Å²) in [6, 6.07) is 3.60. The largest absolute Gasteiger partial charge is 0.398 e. The SMILES string of the molecule is CC(NS(=O)(=O)c1c(N)cccc1Cl)C(=O)N1CCCC1. The number of benzene rings is 1. The van der Waals surface area contributed by atoms with E-state index in [4.69, 9.17) is 17.3 Å². The van der Waals surface area contributed by atoms with Gasteiger partial charge >= 0.3 is 0 Å². The smallest absolute Gasteiger partial charge is 0.244 e. The Morgan fingerprint density at radius 1 is 1.38 bits per heavy atom. The van der Waals surface area contributed by atoms with Gasteiger partial charge in [-0.15, -0.1) is 0 Å². The molecule has 6 nitrogen and oxygen atoms in total. The first-order chi connectivity index (χ1) is 9.83. The Bertz CT molecular complexity index is 622. The lowest BCUT2D eigenvalue weighted by atomic mass is 10.3. The van der Waals surface area contributed by atoms with Crippen LogP contribution >= 0.6 is 11.6 Å². The van der Waals surface area contributed by atoms with Gasteiger partial charge in [-0.05, 0) is 31.9 Å². The zero-order valence-electron chi connectivity index (χ0n) is 11.7. The number of amides is 1. The second kappa shape index (κ2) is 6.21.